The van der Waals surface area contributed by atoms with Crippen molar-refractivity contribution in [1.29, 1.82) is 0 Å². The molecule has 2 aromatic heterocycles. The van der Waals surface area contributed by atoms with Gasteiger partial charge in [0.2, 0.25) is 5.91 Å². The van der Waals surface area contributed by atoms with E-state index in [1.165, 1.54) is 11.3 Å². The first-order valence-electron chi connectivity index (χ1n) is 8.28. The molecule has 0 fully saturated rings. The van der Waals surface area contributed by atoms with Gasteiger partial charge in [-0.05, 0) is 17.0 Å². The SMILES string of the molecule is Cn1ccnc1C(NC(=O)CCNC(=O)c1cccs1)c1ccccc1. The highest BCUT2D eigenvalue weighted by Gasteiger charge is 2.20. The summed E-state index contributed by atoms with van der Waals surface area (Å²) in [5.74, 6) is 0.456. The Kier molecular flexibility index (Phi) is 5.80. The first-order chi connectivity index (χ1) is 12.6. The molecule has 0 aliphatic heterocycles. The van der Waals surface area contributed by atoms with E-state index in [1.807, 2.05) is 59.6 Å². The Bertz CT molecular complexity index is 859. The maximum Gasteiger partial charge on any atom is 0.261 e. The molecular weight excluding hydrogens is 348 g/mol. The number of carbonyl (C=O) groups is 2. The summed E-state index contributed by atoms with van der Waals surface area (Å²) in [4.78, 5) is 29.3. The van der Waals surface area contributed by atoms with Gasteiger partial charge in [0.05, 0.1) is 4.88 Å². The van der Waals surface area contributed by atoms with Crippen LogP contribution in [0.25, 0.3) is 0 Å². The number of nitrogens with one attached hydrogen (secondary N) is 2. The molecule has 0 aliphatic rings. The van der Waals surface area contributed by atoms with E-state index in [0.717, 1.165) is 11.4 Å². The van der Waals surface area contributed by atoms with Gasteiger partial charge in [0.1, 0.15) is 11.9 Å². The highest BCUT2D eigenvalue weighted by molar-refractivity contribution is 7.12. The molecule has 0 aliphatic carbocycles. The molecule has 0 radical (unpaired) electrons. The number of aryl methyl sites for hydroxylation is 1. The van der Waals surface area contributed by atoms with Gasteiger partial charge < -0.3 is 15.2 Å². The third kappa shape index (κ3) is 4.37. The summed E-state index contributed by atoms with van der Waals surface area (Å²) in [5, 5.41) is 7.63. The zero-order valence-corrected chi connectivity index (χ0v) is 15.2. The molecule has 3 aromatic rings. The lowest BCUT2D eigenvalue weighted by Crippen LogP contribution is -2.34. The zero-order valence-electron chi connectivity index (χ0n) is 14.4. The number of amides is 2. The summed E-state index contributed by atoms with van der Waals surface area (Å²) in [7, 11) is 1.89. The molecule has 0 spiro atoms. The molecule has 134 valence electrons. The average Bonchev–Trinajstić information content (AvgIpc) is 3.32. The van der Waals surface area contributed by atoms with Crippen LogP contribution in [0.4, 0.5) is 0 Å². The van der Waals surface area contributed by atoms with Crippen molar-refractivity contribution in [3.05, 3.63) is 76.5 Å². The minimum absolute atomic E-state index is 0.145. The maximum absolute atomic E-state index is 12.4. The number of aromatic nitrogens is 2. The number of hydrogen-bond donors (Lipinski definition) is 2. The normalized spacial score (nSPS) is 11.7. The molecule has 2 amide bonds. The van der Waals surface area contributed by atoms with Gasteiger partial charge in [-0.1, -0.05) is 36.4 Å². The van der Waals surface area contributed by atoms with Gasteiger partial charge >= 0.3 is 0 Å². The third-order valence-electron chi connectivity index (χ3n) is 3.94. The number of benzene rings is 1. The second kappa shape index (κ2) is 8.44. The molecule has 0 saturated carbocycles. The summed E-state index contributed by atoms with van der Waals surface area (Å²) >= 11 is 1.37. The van der Waals surface area contributed by atoms with Crippen molar-refractivity contribution in [2.75, 3.05) is 6.54 Å². The Morgan fingerprint density at radius 1 is 1.19 bits per heavy atom. The number of thiophene rings is 1. The number of nitrogens with zero attached hydrogens (tertiary/aromatic N) is 2. The van der Waals surface area contributed by atoms with Crippen molar-refractivity contribution < 1.29 is 9.59 Å². The predicted octanol–water partition coefficient (Wildman–Crippen LogP) is 2.51. The van der Waals surface area contributed by atoms with E-state index in [1.54, 1.807) is 12.3 Å². The fourth-order valence-corrected chi connectivity index (χ4v) is 3.26. The predicted molar refractivity (Wildman–Crippen MR) is 101 cm³/mol. The van der Waals surface area contributed by atoms with Gasteiger partial charge in [-0.3, -0.25) is 9.59 Å². The molecule has 7 heteroatoms. The minimum atomic E-state index is -0.336. The lowest BCUT2D eigenvalue weighted by molar-refractivity contribution is -0.121. The lowest BCUT2D eigenvalue weighted by Gasteiger charge is -2.19. The van der Waals surface area contributed by atoms with Crippen LogP contribution in [0.2, 0.25) is 0 Å². The molecule has 26 heavy (non-hydrogen) atoms. The van der Waals surface area contributed by atoms with Crippen molar-refractivity contribution >= 4 is 23.2 Å². The second-order valence-corrected chi connectivity index (χ2v) is 6.74. The van der Waals surface area contributed by atoms with Crippen LogP contribution in [-0.2, 0) is 11.8 Å². The van der Waals surface area contributed by atoms with Crippen LogP contribution in [0.1, 0.15) is 33.5 Å². The van der Waals surface area contributed by atoms with Gasteiger partial charge in [-0.15, -0.1) is 11.3 Å². The highest BCUT2D eigenvalue weighted by atomic mass is 32.1. The largest absolute Gasteiger partial charge is 0.351 e. The summed E-state index contributed by atoms with van der Waals surface area (Å²) < 4.78 is 1.89. The first-order valence-corrected chi connectivity index (χ1v) is 9.16. The van der Waals surface area contributed by atoms with Gasteiger partial charge in [-0.2, -0.15) is 0 Å². The molecule has 1 aromatic carbocycles. The standard InChI is InChI=1S/C19H20N4O2S/c1-23-12-11-20-18(23)17(14-6-3-2-4-7-14)22-16(24)9-10-21-19(25)15-8-5-13-26-15/h2-8,11-13,17H,9-10H2,1H3,(H,21,25)(H,22,24). The number of carbonyl (C=O) groups excluding carboxylic acids is 2. The van der Waals surface area contributed by atoms with Crippen molar-refractivity contribution in [2.24, 2.45) is 7.05 Å². The van der Waals surface area contributed by atoms with Crippen molar-refractivity contribution in [2.45, 2.75) is 12.5 Å². The number of imidazole rings is 1. The van der Waals surface area contributed by atoms with E-state index in [2.05, 4.69) is 15.6 Å². The van der Waals surface area contributed by atoms with E-state index in [9.17, 15) is 9.59 Å². The Morgan fingerprint density at radius 2 is 2.00 bits per heavy atom. The molecule has 6 nitrogen and oxygen atoms in total. The Hall–Kier alpha value is -2.93. The minimum Gasteiger partial charge on any atom is -0.351 e. The first kappa shape index (κ1) is 17.9. The van der Waals surface area contributed by atoms with E-state index >= 15 is 0 Å². The van der Waals surface area contributed by atoms with E-state index in [-0.39, 0.29) is 30.8 Å². The van der Waals surface area contributed by atoms with Crippen LogP contribution in [0, 0.1) is 0 Å². The third-order valence-corrected chi connectivity index (χ3v) is 4.81. The molecule has 1 unspecified atom stereocenters. The molecule has 2 N–H and O–H groups in total. The molecule has 3 rings (SSSR count). The lowest BCUT2D eigenvalue weighted by atomic mass is 10.1. The summed E-state index contributed by atoms with van der Waals surface area (Å²) in [6.45, 7) is 0.282. The van der Waals surface area contributed by atoms with Gasteiger partial charge in [0, 0.05) is 32.4 Å². The molecule has 1 atom stereocenters. The number of hydrogen-bond acceptors (Lipinski definition) is 4. The summed E-state index contributed by atoms with van der Waals surface area (Å²) in [5.41, 5.74) is 0.956. The van der Waals surface area contributed by atoms with Gasteiger partial charge in [0.25, 0.3) is 5.91 Å². The fourth-order valence-electron chi connectivity index (χ4n) is 2.62. The van der Waals surface area contributed by atoms with E-state index < -0.39 is 0 Å². The molecule has 0 saturated heterocycles. The second-order valence-electron chi connectivity index (χ2n) is 5.79. The van der Waals surface area contributed by atoms with Crippen molar-refractivity contribution in [3.8, 4) is 0 Å². The zero-order chi connectivity index (χ0) is 18.4. The monoisotopic (exact) mass is 368 g/mol. The summed E-state index contributed by atoms with van der Waals surface area (Å²) in [6, 6.07) is 12.9. The van der Waals surface area contributed by atoms with Gasteiger partial charge in [-0.25, -0.2) is 4.98 Å². The quantitative estimate of drug-likeness (QED) is 0.673. The van der Waals surface area contributed by atoms with Crippen LogP contribution < -0.4 is 10.6 Å². The van der Waals surface area contributed by atoms with Crippen LogP contribution in [0.15, 0.2) is 60.2 Å². The Labute approximate surface area is 155 Å². The van der Waals surface area contributed by atoms with E-state index in [0.29, 0.717) is 4.88 Å². The Morgan fingerprint density at radius 3 is 2.65 bits per heavy atom. The van der Waals surface area contributed by atoms with Crippen LogP contribution in [0.5, 0.6) is 0 Å². The van der Waals surface area contributed by atoms with Gasteiger partial charge in [0.15, 0.2) is 0 Å². The smallest absolute Gasteiger partial charge is 0.261 e. The van der Waals surface area contributed by atoms with Crippen LogP contribution in [0.3, 0.4) is 0 Å². The molecule has 0 bridgehead atoms. The van der Waals surface area contributed by atoms with E-state index in [4.69, 9.17) is 0 Å². The highest BCUT2D eigenvalue weighted by Crippen LogP contribution is 2.20. The van der Waals surface area contributed by atoms with Crippen LogP contribution >= 0.6 is 11.3 Å². The topological polar surface area (TPSA) is 76.0 Å². The number of rotatable bonds is 7. The maximum atomic E-state index is 12.4. The average molecular weight is 368 g/mol. The molecular formula is C19H20N4O2S. The fraction of sp³-hybridized carbons (Fsp3) is 0.211. The van der Waals surface area contributed by atoms with Crippen molar-refractivity contribution in [1.82, 2.24) is 20.2 Å². The van der Waals surface area contributed by atoms with Crippen molar-refractivity contribution in [3.63, 3.8) is 0 Å². The Balaban J connectivity index is 1.61. The summed E-state index contributed by atoms with van der Waals surface area (Å²) in [6.07, 6.45) is 3.75. The van der Waals surface area contributed by atoms with Crippen LogP contribution in [-0.4, -0.2) is 27.9 Å². The molecule has 2 heterocycles.